The van der Waals surface area contributed by atoms with Crippen LogP contribution in [0.15, 0.2) is 82.6 Å². The largest absolute Gasteiger partial charge is 0.493 e. The van der Waals surface area contributed by atoms with Gasteiger partial charge in [0.2, 0.25) is 0 Å². The van der Waals surface area contributed by atoms with Crippen LogP contribution >= 0.6 is 0 Å². The lowest BCUT2D eigenvalue weighted by atomic mass is 10.1. The van der Waals surface area contributed by atoms with Gasteiger partial charge in [-0.25, -0.2) is 18.1 Å². The number of rotatable bonds is 10. The van der Waals surface area contributed by atoms with E-state index in [1.165, 1.54) is 51.8 Å². The quantitative estimate of drug-likeness (QED) is 0.212. The lowest BCUT2D eigenvalue weighted by Gasteiger charge is -2.14. The van der Waals surface area contributed by atoms with E-state index < -0.39 is 34.4 Å². The fourth-order valence-electron chi connectivity index (χ4n) is 4.44. The number of carbonyl (C=O) groups is 1. The molecule has 0 atom stereocenters. The number of methoxy groups -OCH3 is 3. The predicted octanol–water partition coefficient (Wildman–Crippen LogP) is 5.56. The van der Waals surface area contributed by atoms with Crippen molar-refractivity contribution in [1.82, 2.24) is 14.1 Å². The van der Waals surface area contributed by atoms with Crippen molar-refractivity contribution in [2.45, 2.75) is 20.4 Å². The van der Waals surface area contributed by atoms with Gasteiger partial charge < -0.3 is 24.3 Å². The first kappa shape index (κ1) is 33.3. The van der Waals surface area contributed by atoms with E-state index in [-0.39, 0.29) is 30.3 Å². The van der Waals surface area contributed by atoms with Crippen molar-refractivity contribution in [3.05, 3.63) is 111 Å². The summed E-state index contributed by atoms with van der Waals surface area (Å²) in [6.07, 6.45) is 2.60. The SMILES string of the molecule is CC.COCCn1cc(C(=O)Nc2ccc(Oc3ccnc4cc(OC)c(OC)cc34)c(F)c2)c(=O)n(-c2ccc(F)cc2)c1=O. The molecule has 0 fully saturated rings. The van der Waals surface area contributed by atoms with Gasteiger partial charge in [0.15, 0.2) is 23.1 Å². The highest BCUT2D eigenvalue weighted by Crippen LogP contribution is 2.37. The molecule has 3 aromatic carbocycles. The van der Waals surface area contributed by atoms with Gasteiger partial charge in [0.25, 0.3) is 11.5 Å². The summed E-state index contributed by atoms with van der Waals surface area (Å²) in [6, 6.07) is 13.3. The van der Waals surface area contributed by atoms with E-state index in [0.29, 0.717) is 28.2 Å². The first-order chi connectivity index (χ1) is 22.2. The van der Waals surface area contributed by atoms with Gasteiger partial charge in [0, 0.05) is 42.7 Å². The van der Waals surface area contributed by atoms with Crippen molar-refractivity contribution in [2.24, 2.45) is 0 Å². The van der Waals surface area contributed by atoms with E-state index in [4.69, 9.17) is 18.9 Å². The molecule has 1 N–H and O–H groups in total. The molecular formula is C33H32F2N4O7. The van der Waals surface area contributed by atoms with Crippen LogP contribution in [0, 0.1) is 11.6 Å². The van der Waals surface area contributed by atoms with Crippen LogP contribution in [0.5, 0.6) is 23.0 Å². The Kier molecular flexibility index (Phi) is 10.8. The number of hydrogen-bond acceptors (Lipinski definition) is 8. The van der Waals surface area contributed by atoms with Crippen molar-refractivity contribution in [3.63, 3.8) is 0 Å². The lowest BCUT2D eigenvalue weighted by molar-refractivity contribution is 0.102. The molecule has 5 rings (SSSR count). The minimum absolute atomic E-state index is 0.0215. The molecule has 0 bridgehead atoms. The number of fused-ring (bicyclic) bond motifs is 1. The molecule has 0 radical (unpaired) electrons. The molecule has 0 aliphatic heterocycles. The number of aromatic nitrogens is 3. The van der Waals surface area contributed by atoms with Crippen molar-refractivity contribution in [1.29, 1.82) is 0 Å². The topological polar surface area (TPSA) is 123 Å². The molecule has 1 amide bonds. The number of anilines is 1. The van der Waals surface area contributed by atoms with Crippen LogP contribution in [0.25, 0.3) is 16.6 Å². The van der Waals surface area contributed by atoms with Gasteiger partial charge in [-0.3, -0.25) is 19.1 Å². The van der Waals surface area contributed by atoms with Crippen LogP contribution in [0.4, 0.5) is 14.5 Å². The summed E-state index contributed by atoms with van der Waals surface area (Å²) in [6.45, 7) is 4.14. The Morgan fingerprint density at radius 3 is 2.22 bits per heavy atom. The molecule has 13 heteroatoms. The first-order valence-electron chi connectivity index (χ1n) is 14.1. The number of benzene rings is 3. The van der Waals surface area contributed by atoms with Crippen molar-refractivity contribution in [2.75, 3.05) is 33.3 Å². The summed E-state index contributed by atoms with van der Waals surface area (Å²) >= 11 is 0. The van der Waals surface area contributed by atoms with Gasteiger partial charge in [-0.2, -0.15) is 0 Å². The summed E-state index contributed by atoms with van der Waals surface area (Å²) in [5.74, 6) is -1.21. The minimum Gasteiger partial charge on any atom is -0.493 e. The summed E-state index contributed by atoms with van der Waals surface area (Å²) in [5.41, 5.74) is -1.48. The lowest BCUT2D eigenvalue weighted by Crippen LogP contribution is -2.42. The zero-order chi connectivity index (χ0) is 33.4. The third-order valence-electron chi connectivity index (χ3n) is 6.64. The maximum Gasteiger partial charge on any atom is 0.335 e. The van der Waals surface area contributed by atoms with Gasteiger partial charge in [0.1, 0.15) is 17.1 Å². The third kappa shape index (κ3) is 7.05. The maximum atomic E-state index is 15.2. The highest BCUT2D eigenvalue weighted by Gasteiger charge is 2.20. The first-order valence-corrected chi connectivity index (χ1v) is 14.1. The standard InChI is InChI=1S/C31H26F2N4O7.C2H6/c1-41-13-12-36-17-22(30(39)37(31(36)40)20-7-4-18(32)5-8-20)29(38)35-19-6-9-26(23(33)14-19)44-25-10-11-34-24-16-28(43-3)27(42-2)15-21(24)25;1-2/h4-11,14-17H,12-13H2,1-3H3,(H,35,38);1-2H3. The van der Waals surface area contributed by atoms with E-state index in [0.717, 1.165) is 33.5 Å². The average molecular weight is 635 g/mol. The molecule has 240 valence electrons. The molecular weight excluding hydrogens is 602 g/mol. The molecule has 0 saturated heterocycles. The number of ether oxygens (including phenoxy) is 4. The molecule has 0 unspecified atom stereocenters. The fourth-order valence-corrected chi connectivity index (χ4v) is 4.44. The Morgan fingerprint density at radius 1 is 0.870 bits per heavy atom. The molecule has 0 aliphatic carbocycles. The van der Waals surface area contributed by atoms with Gasteiger partial charge in [-0.15, -0.1) is 0 Å². The second-order valence-corrected chi connectivity index (χ2v) is 9.36. The third-order valence-corrected chi connectivity index (χ3v) is 6.64. The Labute approximate surface area is 262 Å². The smallest absolute Gasteiger partial charge is 0.335 e. The summed E-state index contributed by atoms with van der Waals surface area (Å²) in [5, 5.41) is 3.03. The molecule has 0 aliphatic rings. The number of pyridine rings is 1. The maximum absolute atomic E-state index is 15.2. The normalized spacial score (nSPS) is 10.6. The monoisotopic (exact) mass is 634 g/mol. The summed E-state index contributed by atoms with van der Waals surface area (Å²) < 4.78 is 52.2. The molecule has 46 heavy (non-hydrogen) atoms. The van der Waals surface area contributed by atoms with E-state index in [2.05, 4.69) is 10.3 Å². The van der Waals surface area contributed by atoms with E-state index in [9.17, 15) is 18.8 Å². The van der Waals surface area contributed by atoms with Gasteiger partial charge in [-0.1, -0.05) is 13.8 Å². The average Bonchev–Trinajstić information content (AvgIpc) is 3.06. The number of carbonyl (C=O) groups excluding carboxylic acids is 1. The van der Waals surface area contributed by atoms with E-state index >= 15 is 4.39 Å². The van der Waals surface area contributed by atoms with Gasteiger partial charge >= 0.3 is 5.69 Å². The highest BCUT2D eigenvalue weighted by molar-refractivity contribution is 6.04. The number of halogens is 2. The Balaban J connectivity index is 0.00000235. The van der Waals surface area contributed by atoms with Crippen LogP contribution < -0.4 is 30.8 Å². The summed E-state index contributed by atoms with van der Waals surface area (Å²) in [4.78, 5) is 43.9. The molecule has 5 aromatic rings. The minimum atomic E-state index is -0.940. The van der Waals surface area contributed by atoms with Gasteiger partial charge in [0.05, 0.1) is 38.6 Å². The van der Waals surface area contributed by atoms with Crippen molar-refractivity contribution >= 4 is 22.5 Å². The number of hydrogen-bond donors (Lipinski definition) is 1. The number of nitrogens with one attached hydrogen (secondary N) is 1. The zero-order valence-corrected chi connectivity index (χ0v) is 25.8. The van der Waals surface area contributed by atoms with E-state index in [1.54, 1.807) is 18.2 Å². The molecule has 0 saturated carbocycles. The number of amides is 1. The van der Waals surface area contributed by atoms with Crippen LogP contribution in [-0.4, -0.2) is 48.0 Å². The van der Waals surface area contributed by atoms with Crippen molar-refractivity contribution < 1.29 is 32.5 Å². The summed E-state index contributed by atoms with van der Waals surface area (Å²) in [7, 11) is 4.42. The van der Waals surface area contributed by atoms with Crippen LogP contribution in [0.2, 0.25) is 0 Å². The van der Waals surface area contributed by atoms with Gasteiger partial charge in [-0.05, 0) is 48.5 Å². The molecule has 2 aromatic heterocycles. The highest BCUT2D eigenvalue weighted by atomic mass is 19.1. The Hall–Kier alpha value is -5.56. The number of nitrogens with zero attached hydrogens (tertiary/aromatic N) is 3. The zero-order valence-electron chi connectivity index (χ0n) is 25.8. The molecule has 0 spiro atoms. The second kappa shape index (κ2) is 14.9. The van der Waals surface area contributed by atoms with Crippen LogP contribution in [0.3, 0.4) is 0 Å². The van der Waals surface area contributed by atoms with Crippen LogP contribution in [-0.2, 0) is 11.3 Å². The van der Waals surface area contributed by atoms with Crippen molar-refractivity contribution in [3.8, 4) is 28.7 Å². The second-order valence-electron chi connectivity index (χ2n) is 9.36. The fraction of sp³-hybridized carbons (Fsp3) is 0.212. The Morgan fingerprint density at radius 2 is 1.57 bits per heavy atom. The van der Waals surface area contributed by atoms with Crippen LogP contribution in [0.1, 0.15) is 24.2 Å². The molecule has 2 heterocycles. The van der Waals surface area contributed by atoms with E-state index in [1.807, 2.05) is 13.8 Å². The Bertz CT molecular complexity index is 1980. The molecule has 11 nitrogen and oxygen atoms in total. The predicted molar refractivity (Wildman–Crippen MR) is 169 cm³/mol.